The van der Waals surface area contributed by atoms with Crippen molar-refractivity contribution in [3.8, 4) is 11.4 Å². The number of H-pyrrole nitrogens is 2. The van der Waals surface area contributed by atoms with Gasteiger partial charge in [0.25, 0.3) is 0 Å². The van der Waals surface area contributed by atoms with Gasteiger partial charge >= 0.3 is 0 Å². The van der Waals surface area contributed by atoms with Gasteiger partial charge in [0.05, 0.1) is 5.69 Å². The highest BCUT2D eigenvalue weighted by atomic mass is 32.1. The smallest absolute Gasteiger partial charge is 0.198 e. The van der Waals surface area contributed by atoms with Gasteiger partial charge in [0.2, 0.25) is 0 Å². The van der Waals surface area contributed by atoms with Crippen molar-refractivity contribution in [3.63, 3.8) is 0 Å². The molecule has 0 bridgehead atoms. The van der Waals surface area contributed by atoms with Crippen LogP contribution in [0.5, 0.6) is 5.75 Å². The van der Waals surface area contributed by atoms with E-state index in [-0.39, 0.29) is 0 Å². The summed E-state index contributed by atoms with van der Waals surface area (Å²) in [6.45, 7) is 0.349. The van der Waals surface area contributed by atoms with Gasteiger partial charge in [-0.1, -0.05) is 12.1 Å². The van der Waals surface area contributed by atoms with Gasteiger partial charge in [-0.15, -0.1) is 0 Å². The van der Waals surface area contributed by atoms with E-state index >= 15 is 0 Å². The molecule has 0 aliphatic rings. The Morgan fingerprint density at radius 3 is 2.46 bits per heavy atom. The molecule has 124 valence electrons. The molecule has 0 radical (unpaired) electrons. The minimum absolute atomic E-state index is 0.349. The third-order valence-electron chi connectivity index (χ3n) is 3.42. The van der Waals surface area contributed by atoms with Crippen molar-refractivity contribution in [1.29, 1.82) is 0 Å². The Hall–Kier alpha value is -2.58. The van der Waals surface area contributed by atoms with Gasteiger partial charge in [-0.3, -0.25) is 14.8 Å². The van der Waals surface area contributed by atoms with E-state index in [2.05, 4.69) is 20.8 Å². The molecule has 0 aliphatic carbocycles. The van der Waals surface area contributed by atoms with Gasteiger partial charge in [-0.25, -0.2) is 0 Å². The van der Waals surface area contributed by atoms with Gasteiger partial charge in [0.15, 0.2) is 16.3 Å². The number of nitrogens with one attached hydrogen (secondary N) is 4. The summed E-state index contributed by atoms with van der Waals surface area (Å²) in [5.74, 6) is 0.792. The Morgan fingerprint density at radius 2 is 1.71 bits per heavy atom. The van der Waals surface area contributed by atoms with Crippen molar-refractivity contribution in [3.05, 3.63) is 58.1 Å². The predicted octanol–water partition coefficient (Wildman–Crippen LogP) is 4.08. The van der Waals surface area contributed by atoms with Crippen LogP contribution in [0.1, 0.15) is 0 Å². The molecule has 2 aromatic carbocycles. The van der Waals surface area contributed by atoms with E-state index in [0.717, 1.165) is 22.8 Å². The summed E-state index contributed by atoms with van der Waals surface area (Å²) in [4.78, 5) is 0. The summed E-state index contributed by atoms with van der Waals surface area (Å²) in [5.41, 5.74) is 2.80. The summed E-state index contributed by atoms with van der Waals surface area (Å²) in [6, 6.07) is 15.6. The van der Waals surface area contributed by atoms with Crippen LogP contribution >= 0.6 is 24.4 Å². The summed E-state index contributed by atoms with van der Waals surface area (Å²) >= 11 is 10.5. The minimum atomic E-state index is 0.349. The SMILES string of the molecule is CNc1cccc(OCNc2cccc(-n3c(=S)[nH][nH]c3=S)c2)c1. The van der Waals surface area contributed by atoms with Crippen molar-refractivity contribution in [2.45, 2.75) is 0 Å². The first-order valence-corrected chi connectivity index (χ1v) is 8.13. The van der Waals surface area contributed by atoms with Crippen molar-refractivity contribution >= 4 is 35.8 Å². The molecule has 3 aromatic rings. The molecule has 0 saturated carbocycles. The molecule has 8 heteroatoms. The monoisotopic (exact) mass is 359 g/mol. The minimum Gasteiger partial charge on any atom is -0.473 e. The first-order chi connectivity index (χ1) is 11.7. The fourth-order valence-corrected chi connectivity index (χ4v) is 2.80. The molecule has 24 heavy (non-hydrogen) atoms. The van der Waals surface area contributed by atoms with Gasteiger partial charge in [-0.05, 0) is 54.8 Å². The molecule has 1 aromatic heterocycles. The molecule has 0 fully saturated rings. The molecule has 1 heterocycles. The molecular weight excluding hydrogens is 342 g/mol. The second kappa shape index (κ2) is 7.33. The standard InChI is InChI=1S/C16H17N5OS2/c1-17-11-4-3-7-14(9-11)22-10-18-12-5-2-6-13(8-12)21-15(23)19-20-16(21)24/h2-9,17-18H,10H2,1H3,(H,19,23)(H,20,24). The lowest BCUT2D eigenvalue weighted by Crippen LogP contribution is -2.09. The van der Waals surface area contributed by atoms with Crippen LogP contribution < -0.4 is 15.4 Å². The molecule has 0 unspecified atom stereocenters. The topological polar surface area (TPSA) is 69.8 Å². The summed E-state index contributed by atoms with van der Waals surface area (Å²) < 4.78 is 8.53. The number of nitrogens with zero attached hydrogens (tertiary/aromatic N) is 1. The van der Waals surface area contributed by atoms with Crippen molar-refractivity contribution < 1.29 is 4.74 Å². The Labute approximate surface area is 149 Å². The van der Waals surface area contributed by atoms with Crippen LogP contribution in [0, 0.1) is 9.54 Å². The van der Waals surface area contributed by atoms with Crippen molar-refractivity contribution in [2.75, 3.05) is 24.4 Å². The van der Waals surface area contributed by atoms with Crippen LogP contribution in [0.3, 0.4) is 0 Å². The molecule has 0 spiro atoms. The van der Waals surface area contributed by atoms with Gasteiger partial charge in [0.1, 0.15) is 5.75 Å². The molecule has 0 atom stereocenters. The van der Waals surface area contributed by atoms with E-state index < -0.39 is 0 Å². The predicted molar refractivity (Wildman–Crippen MR) is 101 cm³/mol. The number of rotatable bonds is 6. The maximum atomic E-state index is 5.72. The first kappa shape index (κ1) is 16.3. The second-order valence-electron chi connectivity index (χ2n) is 4.99. The van der Waals surface area contributed by atoms with Crippen molar-refractivity contribution in [2.24, 2.45) is 0 Å². The van der Waals surface area contributed by atoms with Crippen LogP contribution in [-0.2, 0) is 0 Å². The molecule has 3 rings (SSSR count). The van der Waals surface area contributed by atoms with Gasteiger partial charge < -0.3 is 15.4 Å². The van der Waals surface area contributed by atoms with E-state index in [1.807, 2.05) is 55.6 Å². The van der Waals surface area contributed by atoms with Crippen LogP contribution in [0.15, 0.2) is 48.5 Å². The Balaban J connectivity index is 1.69. The second-order valence-corrected chi connectivity index (χ2v) is 5.76. The maximum Gasteiger partial charge on any atom is 0.198 e. The lowest BCUT2D eigenvalue weighted by Gasteiger charge is -2.11. The molecule has 0 aliphatic heterocycles. The molecular formula is C16H17N5OS2. The first-order valence-electron chi connectivity index (χ1n) is 7.32. The van der Waals surface area contributed by atoms with Crippen molar-refractivity contribution in [1.82, 2.24) is 14.8 Å². The number of hydrogen-bond acceptors (Lipinski definition) is 5. The number of aromatic nitrogens is 3. The number of anilines is 2. The summed E-state index contributed by atoms with van der Waals surface area (Å²) in [6.07, 6.45) is 0. The summed E-state index contributed by atoms with van der Waals surface area (Å²) in [7, 11) is 1.87. The van der Waals surface area contributed by atoms with E-state index in [1.165, 1.54) is 0 Å². The van der Waals surface area contributed by atoms with Crippen LogP contribution in [0.2, 0.25) is 0 Å². The normalized spacial score (nSPS) is 10.4. The number of aromatic amines is 2. The fraction of sp³-hybridized carbons (Fsp3) is 0.125. The lowest BCUT2D eigenvalue weighted by atomic mass is 10.3. The number of benzene rings is 2. The number of ether oxygens (including phenoxy) is 1. The average Bonchev–Trinajstić information content (AvgIpc) is 2.94. The Morgan fingerprint density at radius 1 is 1.00 bits per heavy atom. The van der Waals surface area contributed by atoms with Gasteiger partial charge in [0, 0.05) is 24.5 Å². The highest BCUT2D eigenvalue weighted by Crippen LogP contribution is 2.18. The summed E-state index contributed by atoms with van der Waals surface area (Å²) in [5, 5.41) is 12.0. The fourth-order valence-electron chi connectivity index (χ4n) is 2.24. The third kappa shape index (κ3) is 3.66. The zero-order valence-electron chi connectivity index (χ0n) is 13.0. The van der Waals surface area contributed by atoms with E-state index in [9.17, 15) is 0 Å². The third-order valence-corrected chi connectivity index (χ3v) is 3.99. The van der Waals surface area contributed by atoms with E-state index in [0.29, 0.717) is 16.3 Å². The molecule has 6 nitrogen and oxygen atoms in total. The zero-order valence-corrected chi connectivity index (χ0v) is 14.6. The quantitative estimate of drug-likeness (QED) is 0.394. The average molecular weight is 359 g/mol. The highest BCUT2D eigenvalue weighted by Gasteiger charge is 2.02. The van der Waals surface area contributed by atoms with Crippen LogP contribution in [-0.4, -0.2) is 28.5 Å². The molecule has 0 saturated heterocycles. The number of hydrogen-bond donors (Lipinski definition) is 4. The maximum absolute atomic E-state index is 5.72. The van der Waals surface area contributed by atoms with E-state index in [4.69, 9.17) is 29.2 Å². The zero-order chi connectivity index (χ0) is 16.9. The van der Waals surface area contributed by atoms with Crippen LogP contribution in [0.4, 0.5) is 11.4 Å². The van der Waals surface area contributed by atoms with Crippen LogP contribution in [0.25, 0.3) is 5.69 Å². The molecule has 4 N–H and O–H groups in total. The molecule has 0 amide bonds. The van der Waals surface area contributed by atoms with E-state index in [1.54, 1.807) is 4.57 Å². The van der Waals surface area contributed by atoms with Gasteiger partial charge in [-0.2, -0.15) is 0 Å². The Bertz CT molecular complexity index is 916. The lowest BCUT2D eigenvalue weighted by molar-refractivity contribution is 0.347. The highest BCUT2D eigenvalue weighted by molar-refractivity contribution is 7.72. The Kier molecular flexibility index (Phi) is 4.97. The largest absolute Gasteiger partial charge is 0.473 e.